The van der Waals surface area contributed by atoms with Crippen molar-refractivity contribution in [2.45, 2.75) is 193 Å². The van der Waals surface area contributed by atoms with Crippen LogP contribution in [0.4, 0.5) is 22.7 Å². The van der Waals surface area contributed by atoms with Crippen LogP contribution in [-0.2, 0) is 21.7 Å². The van der Waals surface area contributed by atoms with Gasteiger partial charge in [-0.05, 0) is 125 Å². The molecule has 5 heterocycles. The van der Waals surface area contributed by atoms with Gasteiger partial charge in [-0.15, -0.1) is 0 Å². The summed E-state index contributed by atoms with van der Waals surface area (Å²) >= 11 is 0. The van der Waals surface area contributed by atoms with Crippen molar-refractivity contribution in [3.63, 3.8) is 0 Å². The number of anilines is 4. The Morgan fingerprint density at radius 1 is 0.515 bits per heavy atom. The molecule has 6 aliphatic rings. The monoisotopic (exact) mass is 906 g/mol. The molecule has 3 nitrogen and oxygen atoms in total. The molecule has 2 aliphatic carbocycles. The number of hydrogen-bond donors (Lipinski definition) is 0. The molecule has 4 unspecified atom stereocenters. The normalized spacial score (nSPS) is 26.5. The van der Waals surface area contributed by atoms with Crippen LogP contribution in [0.25, 0.3) is 27.5 Å². The Morgan fingerprint density at radius 3 is 1.73 bits per heavy atom. The van der Waals surface area contributed by atoms with E-state index in [0.29, 0.717) is 0 Å². The van der Waals surface area contributed by atoms with Crippen molar-refractivity contribution in [3.8, 4) is 5.69 Å². The molecule has 1 aromatic heterocycles. The number of benzene rings is 5. The van der Waals surface area contributed by atoms with E-state index in [2.05, 4.69) is 196 Å². The second-order valence-corrected chi connectivity index (χ2v) is 37.5. The number of rotatable bonds is 3. The quantitative estimate of drug-likeness (QED) is 0.164. The molecule has 4 atom stereocenters. The van der Waals surface area contributed by atoms with Crippen molar-refractivity contribution >= 4 is 94.2 Å². The molecular weight excluding hydrogens is 830 g/mol. The molecule has 6 heteroatoms. The molecule has 0 N–H and O–H groups in total. The number of fused-ring (bicyclic) bond motifs is 13. The summed E-state index contributed by atoms with van der Waals surface area (Å²) in [6, 6.07) is 31.5. The van der Waals surface area contributed by atoms with Gasteiger partial charge in [-0.25, -0.2) is 0 Å². The van der Waals surface area contributed by atoms with E-state index in [9.17, 15) is 0 Å². The van der Waals surface area contributed by atoms with Gasteiger partial charge in [-0.1, -0.05) is 167 Å². The number of hydrogen-bond acceptors (Lipinski definition) is 2. The smallest absolute Gasteiger partial charge is 0.252 e. The molecule has 4 aliphatic heterocycles. The first-order valence-corrected chi connectivity index (χ1v) is 33.0. The van der Waals surface area contributed by atoms with E-state index in [-0.39, 0.29) is 39.5 Å². The Balaban J connectivity index is 1.26. The summed E-state index contributed by atoms with van der Waals surface area (Å²) in [5, 5.41) is 6.02. The van der Waals surface area contributed by atoms with Gasteiger partial charge in [0.1, 0.15) is 0 Å². The lowest BCUT2D eigenvalue weighted by molar-refractivity contribution is 0.194. The molecule has 0 amide bonds. The Kier molecular flexibility index (Phi) is 8.52. The van der Waals surface area contributed by atoms with Crippen molar-refractivity contribution in [1.29, 1.82) is 0 Å². The summed E-state index contributed by atoms with van der Waals surface area (Å²) < 4.78 is 2.78. The van der Waals surface area contributed by atoms with E-state index >= 15 is 0 Å². The molecule has 0 spiro atoms. The van der Waals surface area contributed by atoms with Gasteiger partial charge < -0.3 is 14.4 Å². The first-order valence-electron chi connectivity index (χ1n) is 26.0. The highest BCUT2D eigenvalue weighted by molar-refractivity contribution is 7.01. The zero-order valence-electron chi connectivity index (χ0n) is 43.5. The standard InChI is InChI=1S/C60H76BN3Si2/c1-55(2,3)37-21-23-48-42(29-37)43-30-38(56(4,5)6)31-46-53(43)62(48)50-32-39(63-49-24-22-40(65(11,12)13)34-44(49)57(7)25-17-19-27-59(57,63)9)33-51-52(50)61(46)47-36-41(66(14,15)16)35-45-54(47)64(51)60(10)28-20-18-26-58(45,60)8/h21-24,29-36H,17-20,25-28H2,1-16H3. The average molecular weight is 906 g/mol. The molecule has 5 aromatic carbocycles. The van der Waals surface area contributed by atoms with E-state index in [1.165, 1.54) is 118 Å². The van der Waals surface area contributed by atoms with Gasteiger partial charge in [0.05, 0.1) is 32.7 Å². The lowest BCUT2D eigenvalue weighted by Crippen LogP contribution is -2.64. The highest BCUT2D eigenvalue weighted by Gasteiger charge is 2.63. The Hall–Kier alpha value is -4.00. The lowest BCUT2D eigenvalue weighted by atomic mass is 9.33. The summed E-state index contributed by atoms with van der Waals surface area (Å²) in [6.45, 7) is 40.5. The van der Waals surface area contributed by atoms with Crippen LogP contribution in [0.3, 0.4) is 0 Å². The molecule has 66 heavy (non-hydrogen) atoms. The van der Waals surface area contributed by atoms with Crippen molar-refractivity contribution in [2.24, 2.45) is 0 Å². The van der Waals surface area contributed by atoms with Gasteiger partial charge in [0.2, 0.25) is 0 Å². The molecule has 0 saturated heterocycles. The molecule has 0 bridgehead atoms. The third-order valence-electron chi connectivity index (χ3n) is 19.5. The van der Waals surface area contributed by atoms with Crippen LogP contribution >= 0.6 is 0 Å². The van der Waals surface area contributed by atoms with E-state index in [4.69, 9.17) is 0 Å². The second-order valence-electron chi connectivity index (χ2n) is 27.4. The fourth-order valence-corrected chi connectivity index (χ4v) is 17.3. The predicted octanol–water partition coefficient (Wildman–Crippen LogP) is 13.1. The fraction of sp³-hybridized carbons (Fsp3) is 0.500. The van der Waals surface area contributed by atoms with Gasteiger partial charge in [0.15, 0.2) is 0 Å². The van der Waals surface area contributed by atoms with E-state index in [1.807, 2.05) is 0 Å². The maximum atomic E-state index is 3.00. The van der Waals surface area contributed by atoms with E-state index in [1.54, 1.807) is 32.7 Å². The Bertz CT molecular complexity index is 3130. The molecular formula is C60H76BN3Si2. The number of aromatic nitrogens is 1. The fourth-order valence-electron chi connectivity index (χ4n) is 14.9. The van der Waals surface area contributed by atoms with Crippen LogP contribution in [0.1, 0.15) is 143 Å². The maximum Gasteiger partial charge on any atom is 0.252 e. The second kappa shape index (κ2) is 13.0. The predicted molar refractivity (Wildman–Crippen MR) is 294 cm³/mol. The Labute approximate surface area is 399 Å². The summed E-state index contributed by atoms with van der Waals surface area (Å²) in [5.74, 6) is 0. The third-order valence-corrected chi connectivity index (χ3v) is 23.5. The van der Waals surface area contributed by atoms with Crippen LogP contribution < -0.4 is 36.6 Å². The van der Waals surface area contributed by atoms with Crippen molar-refractivity contribution in [2.75, 3.05) is 9.80 Å². The van der Waals surface area contributed by atoms with Gasteiger partial charge in [0, 0.05) is 55.6 Å². The minimum absolute atomic E-state index is 0.00693. The van der Waals surface area contributed by atoms with Crippen LogP contribution in [0.2, 0.25) is 39.3 Å². The molecule has 2 saturated carbocycles. The van der Waals surface area contributed by atoms with Gasteiger partial charge in [-0.3, -0.25) is 0 Å². The zero-order valence-corrected chi connectivity index (χ0v) is 45.5. The molecule has 6 aromatic rings. The van der Waals surface area contributed by atoms with Crippen LogP contribution in [-0.4, -0.2) is 38.5 Å². The van der Waals surface area contributed by atoms with Crippen molar-refractivity contribution in [3.05, 3.63) is 95.1 Å². The minimum Gasteiger partial charge on any atom is -0.335 e. The summed E-state index contributed by atoms with van der Waals surface area (Å²) in [7, 11) is -3.28. The van der Waals surface area contributed by atoms with Gasteiger partial charge >= 0.3 is 0 Å². The summed E-state index contributed by atoms with van der Waals surface area (Å²) in [4.78, 5) is 5.90. The van der Waals surface area contributed by atoms with Crippen molar-refractivity contribution < 1.29 is 0 Å². The largest absolute Gasteiger partial charge is 0.335 e. The highest BCUT2D eigenvalue weighted by Crippen LogP contribution is 2.64. The first-order chi connectivity index (χ1) is 30.7. The first kappa shape index (κ1) is 43.3. The van der Waals surface area contributed by atoms with Crippen LogP contribution in [0.5, 0.6) is 0 Å². The van der Waals surface area contributed by atoms with Gasteiger partial charge in [0.25, 0.3) is 6.71 Å². The summed E-state index contributed by atoms with van der Waals surface area (Å²) in [5.41, 5.74) is 20.8. The van der Waals surface area contributed by atoms with E-state index in [0.717, 1.165) is 0 Å². The van der Waals surface area contributed by atoms with Gasteiger partial charge in [-0.2, -0.15) is 0 Å². The topological polar surface area (TPSA) is 11.4 Å². The molecule has 342 valence electrons. The third kappa shape index (κ3) is 5.33. The van der Waals surface area contributed by atoms with E-state index < -0.39 is 16.1 Å². The zero-order chi connectivity index (χ0) is 46.8. The molecule has 2 fully saturated rings. The Morgan fingerprint density at radius 2 is 1.09 bits per heavy atom. The minimum atomic E-state index is -1.73. The SMILES string of the molecule is CC(C)(C)c1ccc2c(c1)c1cc(C(C)(C)C)cc3c1n2-c1cc(N2c4ccc([Si](C)(C)C)cc4C4(C)CCCCC24C)cc2c1B3c1cc([Si](C)(C)C)cc3c1N2C1(C)CCCCC31C. The maximum absolute atomic E-state index is 3.00. The highest BCUT2D eigenvalue weighted by atomic mass is 28.3. The molecule has 12 rings (SSSR count). The van der Waals surface area contributed by atoms with Crippen molar-refractivity contribution in [1.82, 2.24) is 4.57 Å². The van der Waals surface area contributed by atoms with Crippen LogP contribution in [0.15, 0.2) is 72.8 Å². The number of nitrogens with zero attached hydrogens (tertiary/aromatic N) is 3. The average Bonchev–Trinajstić information content (AvgIpc) is 3.75. The molecule has 0 radical (unpaired) electrons. The summed E-state index contributed by atoms with van der Waals surface area (Å²) in [6.07, 6.45) is 10.1. The lowest BCUT2D eigenvalue weighted by Gasteiger charge is -2.53. The van der Waals surface area contributed by atoms with Crippen LogP contribution in [0, 0.1) is 0 Å².